The van der Waals surface area contributed by atoms with E-state index >= 15 is 0 Å². The van der Waals surface area contributed by atoms with Crippen LogP contribution < -0.4 is 4.90 Å². The van der Waals surface area contributed by atoms with Gasteiger partial charge in [-0.1, -0.05) is 30.3 Å². The van der Waals surface area contributed by atoms with Crippen LogP contribution in [0.3, 0.4) is 0 Å². The number of amides is 2. The Bertz CT molecular complexity index is 857. The zero-order valence-corrected chi connectivity index (χ0v) is 16.5. The summed E-state index contributed by atoms with van der Waals surface area (Å²) in [5, 5.41) is 0. The number of hydrogen-bond acceptors (Lipinski definition) is 3. The van der Waals surface area contributed by atoms with Crippen molar-refractivity contribution in [1.29, 1.82) is 0 Å². The van der Waals surface area contributed by atoms with E-state index in [0.717, 1.165) is 0 Å². The largest absolute Gasteiger partial charge is 0.366 e. The number of piperidine rings is 1. The van der Waals surface area contributed by atoms with Crippen molar-refractivity contribution in [1.82, 2.24) is 9.80 Å². The second-order valence-electron chi connectivity index (χ2n) is 7.70. The summed E-state index contributed by atoms with van der Waals surface area (Å²) in [6.45, 7) is 3.71. The molecule has 29 heavy (non-hydrogen) atoms. The number of piperazine rings is 1. The molecule has 0 unspecified atom stereocenters. The molecule has 2 aliphatic rings. The molecule has 5 nitrogen and oxygen atoms in total. The molecule has 0 atom stereocenters. The number of hydrogen-bond donors (Lipinski definition) is 0. The lowest BCUT2D eigenvalue weighted by atomic mass is 9.94. The van der Waals surface area contributed by atoms with Crippen molar-refractivity contribution in [2.45, 2.75) is 12.8 Å². The van der Waals surface area contributed by atoms with Crippen LogP contribution in [-0.2, 0) is 4.79 Å². The monoisotopic (exact) mass is 395 g/mol. The molecule has 0 bridgehead atoms. The summed E-state index contributed by atoms with van der Waals surface area (Å²) in [6.07, 6.45) is 1.40. The molecule has 4 rings (SSSR count). The van der Waals surface area contributed by atoms with Gasteiger partial charge in [0.05, 0.1) is 5.69 Å². The average molecular weight is 395 g/mol. The van der Waals surface area contributed by atoms with Crippen LogP contribution in [0.25, 0.3) is 0 Å². The highest BCUT2D eigenvalue weighted by atomic mass is 19.1. The standard InChI is InChI=1S/C23H26FN3O2/c24-20-8-4-5-9-21(20)25-14-16-27(17-15-25)23(29)19-10-12-26(13-11-19)22(28)18-6-2-1-3-7-18/h1-9,19H,10-17H2. The van der Waals surface area contributed by atoms with Gasteiger partial charge < -0.3 is 14.7 Å². The fourth-order valence-corrected chi connectivity index (χ4v) is 4.23. The molecule has 2 aromatic carbocycles. The molecule has 2 amide bonds. The van der Waals surface area contributed by atoms with E-state index in [-0.39, 0.29) is 23.5 Å². The first-order valence-corrected chi connectivity index (χ1v) is 10.3. The Balaban J connectivity index is 1.28. The Labute approximate surface area is 170 Å². The smallest absolute Gasteiger partial charge is 0.253 e. The fourth-order valence-electron chi connectivity index (χ4n) is 4.23. The molecule has 0 saturated carbocycles. The van der Waals surface area contributed by atoms with Crippen molar-refractivity contribution in [3.05, 3.63) is 66.0 Å². The number of likely N-dealkylation sites (tertiary alicyclic amines) is 1. The number of carbonyl (C=O) groups is 2. The van der Waals surface area contributed by atoms with Gasteiger partial charge in [-0.2, -0.15) is 0 Å². The van der Waals surface area contributed by atoms with Gasteiger partial charge >= 0.3 is 0 Å². The van der Waals surface area contributed by atoms with Gasteiger partial charge in [-0.15, -0.1) is 0 Å². The molecule has 2 aliphatic heterocycles. The molecule has 6 heteroatoms. The maximum atomic E-state index is 14.0. The van der Waals surface area contributed by atoms with Gasteiger partial charge in [0.1, 0.15) is 5.82 Å². The van der Waals surface area contributed by atoms with Crippen molar-refractivity contribution in [2.75, 3.05) is 44.2 Å². The number of rotatable bonds is 3. The van der Waals surface area contributed by atoms with Crippen molar-refractivity contribution in [3.63, 3.8) is 0 Å². The van der Waals surface area contributed by atoms with E-state index in [1.54, 1.807) is 12.1 Å². The first-order valence-electron chi connectivity index (χ1n) is 10.3. The lowest BCUT2D eigenvalue weighted by molar-refractivity contribution is -0.137. The molecule has 152 valence electrons. The number of benzene rings is 2. The van der Waals surface area contributed by atoms with Crippen LogP contribution in [0.2, 0.25) is 0 Å². The molecule has 2 heterocycles. The summed E-state index contributed by atoms with van der Waals surface area (Å²) in [6, 6.07) is 16.1. The van der Waals surface area contributed by atoms with Gasteiger partial charge in [0.2, 0.25) is 5.91 Å². The molecule has 0 N–H and O–H groups in total. The highest BCUT2D eigenvalue weighted by Crippen LogP contribution is 2.24. The average Bonchev–Trinajstić information content (AvgIpc) is 2.79. The highest BCUT2D eigenvalue weighted by molar-refractivity contribution is 5.94. The second-order valence-corrected chi connectivity index (χ2v) is 7.70. The SMILES string of the molecule is O=C(c1ccccc1)N1CCC(C(=O)N2CCN(c3ccccc3F)CC2)CC1. The summed E-state index contributed by atoms with van der Waals surface area (Å²) in [7, 11) is 0. The zero-order chi connectivity index (χ0) is 20.2. The van der Waals surface area contributed by atoms with Crippen molar-refractivity contribution in [2.24, 2.45) is 5.92 Å². The molecule has 0 spiro atoms. The van der Waals surface area contributed by atoms with Crippen LogP contribution in [0.1, 0.15) is 23.2 Å². The van der Waals surface area contributed by atoms with E-state index in [1.807, 2.05) is 51.1 Å². The Morgan fingerprint density at radius 1 is 0.759 bits per heavy atom. The lowest BCUT2D eigenvalue weighted by Gasteiger charge is -2.39. The first kappa shape index (κ1) is 19.4. The minimum Gasteiger partial charge on any atom is -0.366 e. The van der Waals surface area contributed by atoms with E-state index < -0.39 is 0 Å². The Morgan fingerprint density at radius 2 is 1.38 bits per heavy atom. The van der Waals surface area contributed by atoms with Gasteiger partial charge in [-0.05, 0) is 37.1 Å². The van der Waals surface area contributed by atoms with Gasteiger partial charge in [-0.3, -0.25) is 9.59 Å². The zero-order valence-electron chi connectivity index (χ0n) is 16.5. The van der Waals surface area contributed by atoms with Crippen LogP contribution in [0, 0.1) is 11.7 Å². The maximum Gasteiger partial charge on any atom is 0.253 e. The molecule has 0 radical (unpaired) electrons. The van der Waals surface area contributed by atoms with E-state index in [0.29, 0.717) is 63.4 Å². The van der Waals surface area contributed by atoms with Crippen molar-refractivity contribution >= 4 is 17.5 Å². The predicted octanol–water partition coefficient (Wildman–Crippen LogP) is 3.03. The van der Waals surface area contributed by atoms with Gasteiger partial charge in [0.15, 0.2) is 0 Å². The van der Waals surface area contributed by atoms with Gasteiger partial charge in [0.25, 0.3) is 5.91 Å². The quantitative estimate of drug-likeness (QED) is 0.803. The van der Waals surface area contributed by atoms with E-state index in [1.165, 1.54) is 6.07 Å². The summed E-state index contributed by atoms with van der Waals surface area (Å²) in [5.41, 5.74) is 1.30. The Morgan fingerprint density at radius 3 is 2.03 bits per heavy atom. The molecule has 0 aromatic heterocycles. The third-order valence-electron chi connectivity index (χ3n) is 5.94. The molecular weight excluding hydrogens is 369 g/mol. The number of halogens is 1. The maximum absolute atomic E-state index is 14.0. The minimum atomic E-state index is -0.220. The third-order valence-corrected chi connectivity index (χ3v) is 5.94. The number of para-hydroxylation sites is 1. The van der Waals surface area contributed by atoms with Crippen molar-refractivity contribution in [3.8, 4) is 0 Å². The number of carbonyl (C=O) groups excluding carboxylic acids is 2. The van der Waals surface area contributed by atoms with E-state index in [9.17, 15) is 14.0 Å². The molecule has 2 saturated heterocycles. The highest BCUT2D eigenvalue weighted by Gasteiger charge is 2.32. The Kier molecular flexibility index (Phi) is 5.79. The fraction of sp³-hybridized carbons (Fsp3) is 0.391. The van der Waals surface area contributed by atoms with Crippen LogP contribution >= 0.6 is 0 Å². The van der Waals surface area contributed by atoms with Gasteiger partial charge in [-0.25, -0.2) is 4.39 Å². The van der Waals surface area contributed by atoms with Crippen LogP contribution in [0.5, 0.6) is 0 Å². The summed E-state index contributed by atoms with van der Waals surface area (Å²) >= 11 is 0. The van der Waals surface area contributed by atoms with E-state index in [2.05, 4.69) is 0 Å². The Hall–Kier alpha value is -2.89. The topological polar surface area (TPSA) is 43.9 Å². The lowest BCUT2D eigenvalue weighted by Crippen LogP contribution is -2.52. The number of anilines is 1. The number of nitrogens with zero attached hydrogens (tertiary/aromatic N) is 3. The molecule has 0 aliphatic carbocycles. The summed E-state index contributed by atoms with van der Waals surface area (Å²) < 4.78 is 14.0. The molecular formula is C23H26FN3O2. The van der Waals surface area contributed by atoms with Crippen LogP contribution in [-0.4, -0.2) is 60.9 Å². The summed E-state index contributed by atoms with van der Waals surface area (Å²) in [4.78, 5) is 31.3. The predicted molar refractivity (Wildman–Crippen MR) is 110 cm³/mol. The van der Waals surface area contributed by atoms with Crippen LogP contribution in [0.15, 0.2) is 54.6 Å². The second kappa shape index (κ2) is 8.64. The molecule has 2 fully saturated rings. The normalized spacial score (nSPS) is 18.0. The van der Waals surface area contributed by atoms with E-state index in [4.69, 9.17) is 0 Å². The molecule has 2 aromatic rings. The third kappa shape index (κ3) is 4.26. The minimum absolute atomic E-state index is 0.0326. The van der Waals surface area contributed by atoms with Gasteiger partial charge in [0, 0.05) is 50.7 Å². The first-order chi connectivity index (χ1) is 14.1. The van der Waals surface area contributed by atoms with Crippen molar-refractivity contribution < 1.29 is 14.0 Å². The van der Waals surface area contributed by atoms with Crippen LogP contribution in [0.4, 0.5) is 10.1 Å². The summed E-state index contributed by atoms with van der Waals surface area (Å²) in [5.74, 6) is -0.0439.